The van der Waals surface area contributed by atoms with Crippen molar-refractivity contribution in [3.05, 3.63) is 66.0 Å². The van der Waals surface area contributed by atoms with Gasteiger partial charge in [-0.15, -0.1) is 0 Å². The second-order valence-corrected chi connectivity index (χ2v) is 7.05. The van der Waals surface area contributed by atoms with Crippen LogP contribution in [0, 0.1) is 11.3 Å². The van der Waals surface area contributed by atoms with Crippen molar-refractivity contribution in [1.82, 2.24) is 9.88 Å². The number of nitrogens with zero attached hydrogens (tertiary/aromatic N) is 3. The Morgan fingerprint density at radius 3 is 2.58 bits per heavy atom. The third-order valence-corrected chi connectivity index (χ3v) is 5.19. The highest BCUT2D eigenvalue weighted by Crippen LogP contribution is 2.29. The van der Waals surface area contributed by atoms with Crippen LogP contribution in [0.4, 0.5) is 0 Å². The zero-order chi connectivity index (χ0) is 17.9. The molecule has 0 amide bonds. The van der Waals surface area contributed by atoms with Crippen molar-refractivity contribution in [3.8, 4) is 17.2 Å². The third kappa shape index (κ3) is 3.45. The van der Waals surface area contributed by atoms with Gasteiger partial charge in [-0.1, -0.05) is 24.3 Å². The monoisotopic (exact) mass is 342 g/mol. The van der Waals surface area contributed by atoms with Crippen molar-refractivity contribution >= 4 is 10.8 Å². The van der Waals surface area contributed by atoms with E-state index >= 15 is 0 Å². The molecule has 1 aliphatic heterocycles. The fraction of sp³-hybridized carbons (Fsp3) is 0.273. The Labute approximate surface area is 153 Å². The summed E-state index contributed by atoms with van der Waals surface area (Å²) in [5, 5.41) is 11.3. The van der Waals surface area contributed by atoms with Gasteiger partial charge in [0.15, 0.2) is 0 Å². The number of nitriles is 1. The molecule has 0 atom stereocenters. The topological polar surface area (TPSA) is 65.9 Å². The molecule has 0 unspecified atom stereocenters. The van der Waals surface area contributed by atoms with Gasteiger partial charge in [0.1, 0.15) is 0 Å². The van der Waals surface area contributed by atoms with Crippen LogP contribution in [0.5, 0.6) is 0 Å². The lowest BCUT2D eigenvalue weighted by atomic mass is 9.98. The van der Waals surface area contributed by atoms with E-state index < -0.39 is 0 Å². The smallest absolute Gasteiger partial charge is 0.0991 e. The Morgan fingerprint density at radius 2 is 1.85 bits per heavy atom. The molecule has 1 aromatic heterocycles. The van der Waals surface area contributed by atoms with E-state index in [1.54, 1.807) is 0 Å². The first-order valence-electron chi connectivity index (χ1n) is 9.08. The van der Waals surface area contributed by atoms with Gasteiger partial charge in [-0.2, -0.15) is 5.26 Å². The quantitative estimate of drug-likeness (QED) is 0.788. The van der Waals surface area contributed by atoms with Crippen LogP contribution in [-0.2, 0) is 6.54 Å². The maximum absolute atomic E-state index is 9.00. The summed E-state index contributed by atoms with van der Waals surface area (Å²) in [5.41, 5.74) is 10.2. The van der Waals surface area contributed by atoms with Crippen LogP contribution >= 0.6 is 0 Å². The highest BCUT2D eigenvalue weighted by molar-refractivity contribution is 5.96. The zero-order valence-corrected chi connectivity index (χ0v) is 14.7. The minimum Gasteiger partial charge on any atom is -0.328 e. The first-order chi connectivity index (χ1) is 12.7. The number of aromatic nitrogens is 1. The van der Waals surface area contributed by atoms with Crippen molar-refractivity contribution < 1.29 is 0 Å². The van der Waals surface area contributed by atoms with E-state index in [2.05, 4.69) is 34.2 Å². The summed E-state index contributed by atoms with van der Waals surface area (Å²) in [7, 11) is 0. The number of likely N-dealkylation sites (tertiary alicyclic amines) is 1. The summed E-state index contributed by atoms with van der Waals surface area (Å²) in [5.74, 6) is 0. The molecule has 1 saturated heterocycles. The van der Waals surface area contributed by atoms with E-state index in [4.69, 9.17) is 11.0 Å². The Kier molecular flexibility index (Phi) is 4.66. The van der Waals surface area contributed by atoms with Gasteiger partial charge in [0.2, 0.25) is 0 Å². The Bertz CT molecular complexity index is 948. The van der Waals surface area contributed by atoms with Gasteiger partial charge in [-0.25, -0.2) is 0 Å². The minimum atomic E-state index is 0.358. The summed E-state index contributed by atoms with van der Waals surface area (Å²) in [6, 6.07) is 16.9. The average Bonchev–Trinajstić information content (AvgIpc) is 2.69. The molecule has 4 nitrogen and oxygen atoms in total. The molecule has 2 heterocycles. The van der Waals surface area contributed by atoms with Gasteiger partial charge in [0, 0.05) is 35.9 Å². The molecule has 1 fully saturated rings. The maximum Gasteiger partial charge on any atom is 0.0991 e. The number of fused-ring (bicyclic) bond motifs is 1. The van der Waals surface area contributed by atoms with E-state index in [1.165, 1.54) is 10.9 Å². The first-order valence-corrected chi connectivity index (χ1v) is 9.08. The molecule has 0 aliphatic carbocycles. The molecule has 0 bridgehead atoms. The summed E-state index contributed by atoms with van der Waals surface area (Å²) in [6.07, 6.45) is 5.97. The molecule has 130 valence electrons. The Balaban J connectivity index is 1.67. The molecule has 2 N–H and O–H groups in total. The SMILES string of the molecule is N#Cc1ccc(-c2cncc3ccc(CN4CCC(N)CC4)cc23)cc1. The molecule has 26 heavy (non-hydrogen) atoms. The van der Waals surface area contributed by atoms with Crippen molar-refractivity contribution in [1.29, 1.82) is 5.26 Å². The highest BCUT2D eigenvalue weighted by Gasteiger charge is 2.16. The minimum absolute atomic E-state index is 0.358. The number of rotatable bonds is 3. The molecule has 0 radical (unpaired) electrons. The lowest BCUT2D eigenvalue weighted by molar-refractivity contribution is 0.206. The van der Waals surface area contributed by atoms with Gasteiger partial charge in [0.25, 0.3) is 0 Å². The fourth-order valence-corrected chi connectivity index (χ4v) is 3.63. The van der Waals surface area contributed by atoms with Gasteiger partial charge in [-0.3, -0.25) is 9.88 Å². The summed E-state index contributed by atoms with van der Waals surface area (Å²) in [6.45, 7) is 3.09. The van der Waals surface area contributed by atoms with E-state index in [1.807, 2.05) is 36.7 Å². The van der Waals surface area contributed by atoms with Crippen molar-refractivity contribution in [2.45, 2.75) is 25.4 Å². The van der Waals surface area contributed by atoms with Crippen LogP contribution in [0.1, 0.15) is 24.0 Å². The van der Waals surface area contributed by atoms with Crippen LogP contribution in [-0.4, -0.2) is 29.0 Å². The lowest BCUT2D eigenvalue weighted by Crippen LogP contribution is -2.39. The number of hydrogen-bond acceptors (Lipinski definition) is 4. The summed E-state index contributed by atoms with van der Waals surface area (Å²) in [4.78, 5) is 6.88. The first kappa shape index (κ1) is 16.7. The van der Waals surface area contributed by atoms with Crippen molar-refractivity contribution in [2.24, 2.45) is 5.73 Å². The molecule has 0 spiro atoms. The average molecular weight is 342 g/mol. The molecular formula is C22H22N4. The van der Waals surface area contributed by atoms with Crippen molar-refractivity contribution in [2.75, 3.05) is 13.1 Å². The van der Waals surface area contributed by atoms with Gasteiger partial charge >= 0.3 is 0 Å². The molecule has 2 aromatic carbocycles. The third-order valence-electron chi connectivity index (χ3n) is 5.19. The summed E-state index contributed by atoms with van der Waals surface area (Å²) < 4.78 is 0. The maximum atomic E-state index is 9.00. The number of piperidine rings is 1. The molecule has 0 saturated carbocycles. The van der Waals surface area contributed by atoms with E-state index in [9.17, 15) is 0 Å². The second-order valence-electron chi connectivity index (χ2n) is 7.05. The van der Waals surface area contributed by atoms with Gasteiger partial charge in [-0.05, 0) is 60.6 Å². The van der Waals surface area contributed by atoms with Crippen LogP contribution in [0.3, 0.4) is 0 Å². The predicted molar refractivity (Wildman–Crippen MR) is 104 cm³/mol. The van der Waals surface area contributed by atoms with Gasteiger partial charge < -0.3 is 5.73 Å². The second kappa shape index (κ2) is 7.25. The van der Waals surface area contributed by atoms with Crippen LogP contribution in [0.25, 0.3) is 21.9 Å². The molecule has 3 aromatic rings. The van der Waals surface area contributed by atoms with E-state index in [-0.39, 0.29) is 0 Å². The molecular weight excluding hydrogens is 320 g/mol. The number of benzene rings is 2. The molecule has 1 aliphatic rings. The van der Waals surface area contributed by atoms with Crippen LogP contribution in [0.2, 0.25) is 0 Å². The Hall–Kier alpha value is -2.74. The number of pyridine rings is 1. The summed E-state index contributed by atoms with van der Waals surface area (Å²) >= 11 is 0. The molecule has 4 rings (SSSR count). The number of hydrogen-bond donors (Lipinski definition) is 1. The van der Waals surface area contributed by atoms with Gasteiger partial charge in [0.05, 0.1) is 11.6 Å². The van der Waals surface area contributed by atoms with Crippen LogP contribution in [0.15, 0.2) is 54.9 Å². The predicted octanol–water partition coefficient (Wildman–Crippen LogP) is 3.70. The van der Waals surface area contributed by atoms with E-state index in [0.29, 0.717) is 11.6 Å². The lowest BCUT2D eigenvalue weighted by Gasteiger charge is -2.30. The standard InChI is InChI=1S/C22H22N4/c23-12-16-1-4-18(5-2-16)22-14-25-13-19-6-3-17(11-21(19)22)15-26-9-7-20(24)8-10-26/h1-6,11,13-14,20H,7-10,15,24H2. The molecule has 4 heteroatoms. The fourth-order valence-electron chi connectivity index (χ4n) is 3.63. The number of nitrogens with two attached hydrogens (primary N) is 1. The van der Waals surface area contributed by atoms with Crippen LogP contribution < -0.4 is 5.73 Å². The normalized spacial score (nSPS) is 15.8. The van der Waals surface area contributed by atoms with E-state index in [0.717, 1.165) is 49.0 Å². The zero-order valence-electron chi connectivity index (χ0n) is 14.7. The highest BCUT2D eigenvalue weighted by atomic mass is 15.1. The Morgan fingerprint density at radius 1 is 1.08 bits per heavy atom. The van der Waals surface area contributed by atoms with Crippen molar-refractivity contribution in [3.63, 3.8) is 0 Å². The largest absolute Gasteiger partial charge is 0.328 e.